The van der Waals surface area contributed by atoms with Gasteiger partial charge in [0.25, 0.3) is 0 Å². The third-order valence-corrected chi connectivity index (χ3v) is 4.35. The van der Waals surface area contributed by atoms with Crippen LogP contribution in [0.2, 0.25) is 5.02 Å². The van der Waals surface area contributed by atoms with E-state index in [4.69, 9.17) is 11.6 Å². The normalized spacial score (nSPS) is 19.0. The molecule has 3 amide bonds. The Labute approximate surface area is 124 Å². The summed E-state index contributed by atoms with van der Waals surface area (Å²) in [5.41, 5.74) is 0.579. The van der Waals surface area contributed by atoms with Crippen molar-refractivity contribution < 1.29 is 9.59 Å². The summed E-state index contributed by atoms with van der Waals surface area (Å²) in [5, 5.41) is 5.97. The van der Waals surface area contributed by atoms with E-state index in [-0.39, 0.29) is 11.9 Å². The molecule has 0 unspecified atom stereocenters. The monoisotopic (exact) mass is 345 g/mol. The van der Waals surface area contributed by atoms with E-state index in [9.17, 15) is 9.59 Å². The standard InChI is InChI=1S/C12H13BrClN3O2/c1-7-11(18)15-5-6-17(7)12(19)16-9-4-2-3-8(14)10(9)13/h2-4,7H,5-6H2,1H3,(H,15,18)(H,16,19)/t7-/m1/s1. The van der Waals surface area contributed by atoms with Gasteiger partial charge in [-0.2, -0.15) is 0 Å². The Morgan fingerprint density at radius 3 is 3.05 bits per heavy atom. The molecular weight excluding hydrogens is 334 g/mol. The van der Waals surface area contributed by atoms with Gasteiger partial charge in [0, 0.05) is 13.1 Å². The summed E-state index contributed by atoms with van der Waals surface area (Å²) < 4.78 is 0.624. The molecule has 19 heavy (non-hydrogen) atoms. The highest BCUT2D eigenvalue weighted by atomic mass is 79.9. The molecule has 0 aromatic heterocycles. The maximum Gasteiger partial charge on any atom is 0.322 e. The third kappa shape index (κ3) is 3.01. The van der Waals surface area contributed by atoms with Crippen molar-refractivity contribution in [1.82, 2.24) is 10.2 Å². The van der Waals surface area contributed by atoms with Gasteiger partial charge >= 0.3 is 6.03 Å². The topological polar surface area (TPSA) is 61.4 Å². The van der Waals surface area contributed by atoms with Crippen LogP contribution in [-0.4, -0.2) is 36.0 Å². The molecule has 0 radical (unpaired) electrons. The fourth-order valence-electron chi connectivity index (χ4n) is 1.85. The van der Waals surface area contributed by atoms with Gasteiger partial charge in [-0.25, -0.2) is 4.79 Å². The van der Waals surface area contributed by atoms with Crippen molar-refractivity contribution in [2.24, 2.45) is 0 Å². The highest BCUT2D eigenvalue weighted by Crippen LogP contribution is 2.30. The second-order valence-corrected chi connectivity index (χ2v) is 5.39. The van der Waals surface area contributed by atoms with Gasteiger partial charge in [0.2, 0.25) is 5.91 Å². The van der Waals surface area contributed by atoms with Crippen molar-refractivity contribution in [2.45, 2.75) is 13.0 Å². The molecule has 0 bridgehead atoms. The van der Waals surface area contributed by atoms with Crippen molar-refractivity contribution in [2.75, 3.05) is 18.4 Å². The first-order chi connectivity index (χ1) is 9.00. The Bertz CT molecular complexity index is 524. The zero-order valence-corrected chi connectivity index (χ0v) is 12.6. The quantitative estimate of drug-likeness (QED) is 0.820. The Morgan fingerprint density at radius 1 is 1.58 bits per heavy atom. The predicted molar refractivity (Wildman–Crippen MR) is 77.3 cm³/mol. The molecule has 1 saturated heterocycles. The molecule has 102 valence electrons. The lowest BCUT2D eigenvalue weighted by Crippen LogP contribution is -2.56. The minimum Gasteiger partial charge on any atom is -0.353 e. The van der Waals surface area contributed by atoms with Gasteiger partial charge in [0.1, 0.15) is 6.04 Å². The van der Waals surface area contributed by atoms with Gasteiger partial charge < -0.3 is 15.5 Å². The van der Waals surface area contributed by atoms with E-state index in [1.165, 1.54) is 4.90 Å². The van der Waals surface area contributed by atoms with Crippen LogP contribution < -0.4 is 10.6 Å². The van der Waals surface area contributed by atoms with Gasteiger partial charge in [0.15, 0.2) is 0 Å². The molecule has 0 aliphatic carbocycles. The number of nitrogens with zero attached hydrogens (tertiary/aromatic N) is 1. The number of piperazine rings is 1. The lowest BCUT2D eigenvalue weighted by Gasteiger charge is -2.32. The highest BCUT2D eigenvalue weighted by molar-refractivity contribution is 9.10. The van der Waals surface area contributed by atoms with Crippen LogP contribution in [0.5, 0.6) is 0 Å². The van der Waals surface area contributed by atoms with Gasteiger partial charge in [-0.3, -0.25) is 4.79 Å². The van der Waals surface area contributed by atoms with Crippen LogP contribution in [0.4, 0.5) is 10.5 Å². The van der Waals surface area contributed by atoms with Crippen LogP contribution in [0, 0.1) is 0 Å². The molecule has 1 aromatic carbocycles. The Hall–Kier alpha value is -1.27. The van der Waals surface area contributed by atoms with Crippen LogP contribution in [0.15, 0.2) is 22.7 Å². The summed E-state index contributed by atoms with van der Waals surface area (Å²) in [7, 11) is 0. The SMILES string of the molecule is C[C@@H]1C(=O)NCCN1C(=O)Nc1cccc(Cl)c1Br. The van der Waals surface area contributed by atoms with Crippen LogP contribution in [0.25, 0.3) is 0 Å². The van der Waals surface area contributed by atoms with E-state index in [1.807, 2.05) is 0 Å². The third-order valence-electron chi connectivity index (χ3n) is 2.95. The number of urea groups is 1. The summed E-state index contributed by atoms with van der Waals surface area (Å²) in [5.74, 6) is -0.147. The molecule has 1 aromatic rings. The molecule has 7 heteroatoms. The summed E-state index contributed by atoms with van der Waals surface area (Å²) in [6.07, 6.45) is 0. The summed E-state index contributed by atoms with van der Waals surface area (Å²) in [6.45, 7) is 2.64. The summed E-state index contributed by atoms with van der Waals surface area (Å²) in [4.78, 5) is 25.2. The number of hydrogen-bond donors (Lipinski definition) is 2. The van der Waals surface area contributed by atoms with Crippen molar-refractivity contribution in [1.29, 1.82) is 0 Å². The zero-order chi connectivity index (χ0) is 14.0. The van der Waals surface area contributed by atoms with Gasteiger partial charge in [-0.15, -0.1) is 0 Å². The molecule has 2 rings (SSSR count). The lowest BCUT2D eigenvalue weighted by molar-refractivity contribution is -0.126. The Kier molecular flexibility index (Phi) is 4.31. The average Bonchev–Trinajstić information content (AvgIpc) is 2.38. The van der Waals surface area contributed by atoms with E-state index in [2.05, 4.69) is 26.6 Å². The van der Waals surface area contributed by atoms with Crippen LogP contribution in [-0.2, 0) is 4.79 Å². The number of hydrogen-bond acceptors (Lipinski definition) is 2. The molecular formula is C12H13BrClN3O2. The van der Waals surface area contributed by atoms with Gasteiger partial charge in [-0.1, -0.05) is 17.7 Å². The maximum absolute atomic E-state index is 12.2. The van der Waals surface area contributed by atoms with E-state index in [0.29, 0.717) is 28.3 Å². The molecule has 1 heterocycles. The number of halogens is 2. The van der Waals surface area contributed by atoms with Crippen molar-refractivity contribution in [3.8, 4) is 0 Å². The van der Waals surface area contributed by atoms with Crippen LogP contribution in [0.1, 0.15) is 6.92 Å². The predicted octanol–water partition coefficient (Wildman–Crippen LogP) is 2.45. The Balaban J connectivity index is 2.12. The second-order valence-electron chi connectivity index (χ2n) is 4.19. The average molecular weight is 347 g/mol. The highest BCUT2D eigenvalue weighted by Gasteiger charge is 2.29. The Morgan fingerprint density at radius 2 is 2.32 bits per heavy atom. The number of benzene rings is 1. The van der Waals surface area contributed by atoms with Crippen LogP contribution in [0.3, 0.4) is 0 Å². The fourth-order valence-corrected chi connectivity index (χ4v) is 2.39. The van der Waals surface area contributed by atoms with Gasteiger partial charge in [0.05, 0.1) is 15.2 Å². The second kappa shape index (κ2) is 5.79. The largest absolute Gasteiger partial charge is 0.353 e. The molecule has 5 nitrogen and oxygen atoms in total. The lowest BCUT2D eigenvalue weighted by atomic mass is 10.2. The molecule has 1 atom stereocenters. The smallest absolute Gasteiger partial charge is 0.322 e. The van der Waals surface area contributed by atoms with E-state index in [1.54, 1.807) is 25.1 Å². The number of nitrogens with one attached hydrogen (secondary N) is 2. The van der Waals surface area contributed by atoms with Crippen molar-refractivity contribution in [3.05, 3.63) is 27.7 Å². The molecule has 0 saturated carbocycles. The summed E-state index contributed by atoms with van der Waals surface area (Å²) in [6, 6.07) is 4.41. The molecule has 1 aliphatic rings. The molecule has 2 N–H and O–H groups in total. The minimum atomic E-state index is -0.480. The van der Waals surface area contributed by atoms with E-state index < -0.39 is 6.04 Å². The first-order valence-corrected chi connectivity index (χ1v) is 6.97. The van der Waals surface area contributed by atoms with Crippen molar-refractivity contribution in [3.63, 3.8) is 0 Å². The van der Waals surface area contributed by atoms with Crippen molar-refractivity contribution >= 4 is 45.2 Å². The number of carbonyl (C=O) groups excluding carboxylic acids is 2. The van der Waals surface area contributed by atoms with Crippen LogP contribution >= 0.6 is 27.5 Å². The molecule has 0 spiro atoms. The number of carbonyl (C=O) groups is 2. The minimum absolute atomic E-state index is 0.147. The molecule has 1 fully saturated rings. The first-order valence-electron chi connectivity index (χ1n) is 5.80. The maximum atomic E-state index is 12.2. The van der Waals surface area contributed by atoms with E-state index >= 15 is 0 Å². The molecule has 1 aliphatic heterocycles. The first kappa shape index (κ1) is 14.1. The number of amides is 3. The number of rotatable bonds is 1. The van der Waals surface area contributed by atoms with E-state index in [0.717, 1.165) is 0 Å². The zero-order valence-electron chi connectivity index (χ0n) is 10.2. The van der Waals surface area contributed by atoms with Gasteiger partial charge in [-0.05, 0) is 35.0 Å². The fraction of sp³-hybridized carbons (Fsp3) is 0.333. The number of anilines is 1. The summed E-state index contributed by atoms with van der Waals surface area (Å²) >= 11 is 9.27.